The predicted molar refractivity (Wildman–Crippen MR) is 85.3 cm³/mol. The zero-order chi connectivity index (χ0) is 15.6. The highest BCUT2D eigenvalue weighted by atomic mass is 35.5. The van der Waals surface area contributed by atoms with E-state index in [1.807, 2.05) is 43.1 Å². The smallest absolute Gasteiger partial charge is 0.146 e. The minimum atomic E-state index is -0.681. The zero-order valence-corrected chi connectivity index (χ0v) is 13.1. The maximum absolute atomic E-state index is 14.3. The lowest BCUT2D eigenvalue weighted by Gasteiger charge is -2.28. The van der Waals surface area contributed by atoms with Crippen LogP contribution in [-0.2, 0) is 0 Å². The van der Waals surface area contributed by atoms with Crippen molar-refractivity contribution in [2.24, 2.45) is 0 Å². The highest BCUT2D eigenvalue weighted by Gasteiger charge is 2.18. The van der Waals surface area contributed by atoms with E-state index in [2.05, 4.69) is 0 Å². The minimum absolute atomic E-state index is 0.0643. The first-order valence-corrected chi connectivity index (χ1v) is 7.24. The number of rotatable bonds is 4. The Hall–Kier alpha value is -1.58. The van der Waals surface area contributed by atoms with Crippen LogP contribution in [0.1, 0.15) is 37.1 Å². The largest absolute Gasteiger partial charge is 0.389 e. The summed E-state index contributed by atoms with van der Waals surface area (Å²) in [5.74, 6) is -0.352. The standard InChI is InChI=1S/C17H19ClFNO/c1-11(14-6-4-5-7-15(14)18)20(3)17-9-8-13(12(2)21)10-16(17)19/h4-12,21H,1-3H3. The van der Waals surface area contributed by atoms with Crippen molar-refractivity contribution in [3.63, 3.8) is 0 Å². The van der Waals surface area contributed by atoms with E-state index in [0.717, 1.165) is 5.56 Å². The fourth-order valence-electron chi connectivity index (χ4n) is 2.30. The van der Waals surface area contributed by atoms with E-state index < -0.39 is 6.10 Å². The van der Waals surface area contributed by atoms with Crippen molar-refractivity contribution < 1.29 is 9.50 Å². The number of aliphatic hydroxyl groups excluding tert-OH is 1. The lowest BCUT2D eigenvalue weighted by atomic mass is 10.1. The molecule has 0 aliphatic heterocycles. The molecule has 4 heteroatoms. The van der Waals surface area contributed by atoms with Gasteiger partial charge >= 0.3 is 0 Å². The lowest BCUT2D eigenvalue weighted by Crippen LogP contribution is -2.23. The van der Waals surface area contributed by atoms with Crippen molar-refractivity contribution in [1.82, 2.24) is 0 Å². The zero-order valence-electron chi connectivity index (χ0n) is 12.3. The molecule has 0 spiro atoms. The molecule has 2 unspecified atom stereocenters. The Balaban J connectivity index is 2.32. The number of nitrogens with zero attached hydrogens (tertiary/aromatic N) is 1. The van der Waals surface area contributed by atoms with Crippen molar-refractivity contribution in [1.29, 1.82) is 0 Å². The van der Waals surface area contributed by atoms with Crippen LogP contribution in [0, 0.1) is 5.82 Å². The number of aliphatic hydroxyl groups is 1. The maximum atomic E-state index is 14.3. The molecule has 0 saturated carbocycles. The molecule has 112 valence electrons. The Morgan fingerprint density at radius 3 is 2.38 bits per heavy atom. The SMILES string of the molecule is CC(O)c1ccc(N(C)C(C)c2ccccc2Cl)c(F)c1. The van der Waals surface area contributed by atoms with Crippen LogP contribution in [0.25, 0.3) is 0 Å². The molecule has 0 heterocycles. The first-order valence-electron chi connectivity index (χ1n) is 6.86. The molecule has 0 aromatic heterocycles. The van der Waals surface area contributed by atoms with Gasteiger partial charge in [-0.2, -0.15) is 0 Å². The van der Waals surface area contributed by atoms with Crippen molar-refractivity contribution in [3.05, 3.63) is 64.4 Å². The van der Waals surface area contributed by atoms with Gasteiger partial charge in [0.1, 0.15) is 5.82 Å². The van der Waals surface area contributed by atoms with Crippen LogP contribution in [0.4, 0.5) is 10.1 Å². The van der Waals surface area contributed by atoms with Gasteiger partial charge < -0.3 is 10.0 Å². The van der Waals surface area contributed by atoms with E-state index >= 15 is 0 Å². The van der Waals surface area contributed by atoms with Crippen LogP contribution in [-0.4, -0.2) is 12.2 Å². The molecule has 2 atom stereocenters. The summed E-state index contributed by atoms with van der Waals surface area (Å²) in [6.45, 7) is 3.59. The molecular weight excluding hydrogens is 289 g/mol. The molecular formula is C17H19ClFNO. The van der Waals surface area contributed by atoms with Crippen LogP contribution < -0.4 is 4.90 Å². The fourth-order valence-corrected chi connectivity index (χ4v) is 2.59. The Bertz CT molecular complexity index is 630. The summed E-state index contributed by atoms with van der Waals surface area (Å²) in [5, 5.41) is 10.2. The number of hydrogen-bond acceptors (Lipinski definition) is 2. The van der Waals surface area contributed by atoms with Gasteiger partial charge in [-0.1, -0.05) is 35.9 Å². The summed E-state index contributed by atoms with van der Waals surface area (Å²) < 4.78 is 14.3. The van der Waals surface area contributed by atoms with Crippen LogP contribution >= 0.6 is 11.6 Å². The van der Waals surface area contributed by atoms with Gasteiger partial charge in [0.2, 0.25) is 0 Å². The van der Waals surface area contributed by atoms with E-state index in [1.54, 1.807) is 19.1 Å². The van der Waals surface area contributed by atoms with Gasteiger partial charge in [0, 0.05) is 12.1 Å². The second-order valence-electron chi connectivity index (χ2n) is 5.20. The Kier molecular flexibility index (Phi) is 4.86. The van der Waals surface area contributed by atoms with Gasteiger partial charge in [-0.05, 0) is 43.2 Å². The summed E-state index contributed by atoms with van der Waals surface area (Å²) in [6.07, 6.45) is -0.681. The predicted octanol–water partition coefficient (Wildman–Crippen LogP) is 4.73. The van der Waals surface area contributed by atoms with Crippen molar-refractivity contribution >= 4 is 17.3 Å². The third-order valence-corrected chi connectivity index (χ3v) is 4.11. The van der Waals surface area contributed by atoms with Crippen LogP contribution in [0.3, 0.4) is 0 Å². The van der Waals surface area contributed by atoms with E-state index in [0.29, 0.717) is 16.3 Å². The molecule has 0 saturated heterocycles. The molecule has 0 amide bonds. The topological polar surface area (TPSA) is 23.5 Å². The quantitative estimate of drug-likeness (QED) is 0.882. The van der Waals surface area contributed by atoms with Gasteiger partial charge in [-0.3, -0.25) is 0 Å². The number of halogens is 2. The number of anilines is 1. The molecule has 0 aliphatic rings. The summed E-state index contributed by atoms with van der Waals surface area (Å²) in [5.41, 5.74) is 1.99. The third kappa shape index (κ3) is 3.36. The molecule has 2 nitrogen and oxygen atoms in total. The third-order valence-electron chi connectivity index (χ3n) is 3.77. The molecule has 2 aromatic carbocycles. The first-order chi connectivity index (χ1) is 9.91. The van der Waals surface area contributed by atoms with Gasteiger partial charge in [0.05, 0.1) is 17.8 Å². The number of hydrogen-bond donors (Lipinski definition) is 1. The highest BCUT2D eigenvalue weighted by molar-refractivity contribution is 6.31. The molecule has 0 bridgehead atoms. The van der Waals surface area contributed by atoms with Crippen LogP contribution in [0.5, 0.6) is 0 Å². The van der Waals surface area contributed by atoms with E-state index in [4.69, 9.17) is 11.6 Å². The first kappa shape index (κ1) is 15.8. The van der Waals surface area contributed by atoms with Crippen molar-refractivity contribution in [2.75, 3.05) is 11.9 Å². The van der Waals surface area contributed by atoms with Crippen LogP contribution in [0.2, 0.25) is 5.02 Å². The molecule has 1 N–H and O–H groups in total. The summed E-state index contributed by atoms with van der Waals surface area (Å²) >= 11 is 6.20. The van der Waals surface area contributed by atoms with E-state index in [9.17, 15) is 9.50 Å². The number of benzene rings is 2. The minimum Gasteiger partial charge on any atom is -0.389 e. The van der Waals surface area contributed by atoms with Crippen molar-refractivity contribution in [3.8, 4) is 0 Å². The van der Waals surface area contributed by atoms with Gasteiger partial charge in [0.15, 0.2) is 0 Å². The summed E-state index contributed by atoms with van der Waals surface area (Å²) in [6, 6.07) is 12.3. The summed E-state index contributed by atoms with van der Waals surface area (Å²) in [7, 11) is 1.83. The second-order valence-corrected chi connectivity index (χ2v) is 5.60. The molecule has 0 radical (unpaired) electrons. The fraction of sp³-hybridized carbons (Fsp3) is 0.294. The molecule has 2 aromatic rings. The highest BCUT2D eigenvalue weighted by Crippen LogP contribution is 2.32. The van der Waals surface area contributed by atoms with Crippen LogP contribution in [0.15, 0.2) is 42.5 Å². The lowest BCUT2D eigenvalue weighted by molar-refractivity contribution is 0.199. The van der Waals surface area contributed by atoms with Gasteiger partial charge in [-0.25, -0.2) is 4.39 Å². The Morgan fingerprint density at radius 1 is 1.14 bits per heavy atom. The average molecular weight is 308 g/mol. The van der Waals surface area contributed by atoms with Crippen molar-refractivity contribution in [2.45, 2.75) is 26.0 Å². The summed E-state index contributed by atoms with van der Waals surface area (Å²) in [4.78, 5) is 1.84. The Labute approximate surface area is 129 Å². The Morgan fingerprint density at radius 2 is 1.81 bits per heavy atom. The van der Waals surface area contributed by atoms with Gasteiger partial charge in [0.25, 0.3) is 0 Å². The molecule has 0 fully saturated rings. The second kappa shape index (κ2) is 6.46. The average Bonchev–Trinajstić information content (AvgIpc) is 2.46. The molecule has 21 heavy (non-hydrogen) atoms. The van der Waals surface area contributed by atoms with E-state index in [-0.39, 0.29) is 11.9 Å². The molecule has 0 aliphatic carbocycles. The normalized spacial score (nSPS) is 13.8. The van der Waals surface area contributed by atoms with E-state index in [1.165, 1.54) is 6.07 Å². The monoisotopic (exact) mass is 307 g/mol. The molecule has 2 rings (SSSR count). The maximum Gasteiger partial charge on any atom is 0.146 e. The van der Waals surface area contributed by atoms with Gasteiger partial charge in [-0.15, -0.1) is 0 Å².